The summed E-state index contributed by atoms with van der Waals surface area (Å²) in [5.41, 5.74) is 0. The Morgan fingerprint density at radius 1 is 1.57 bits per heavy atom. The number of amides is 1. The maximum Gasteiger partial charge on any atom is 0.221 e. The van der Waals surface area contributed by atoms with Crippen molar-refractivity contribution in [2.75, 3.05) is 0 Å². The van der Waals surface area contributed by atoms with E-state index in [0.717, 1.165) is 19.3 Å². The average Bonchev–Trinajstić information content (AvgIpc) is 2.94. The first-order valence-electron chi connectivity index (χ1n) is 5.32. The van der Waals surface area contributed by atoms with Gasteiger partial charge in [0.2, 0.25) is 5.91 Å². The van der Waals surface area contributed by atoms with Crippen molar-refractivity contribution in [2.45, 2.75) is 45.6 Å². The molecule has 1 N–H and O–H groups in total. The van der Waals surface area contributed by atoms with Gasteiger partial charge < -0.3 is 5.32 Å². The largest absolute Gasteiger partial charge is 0.340 e. The molecule has 1 aliphatic carbocycles. The van der Waals surface area contributed by atoms with Gasteiger partial charge in [-0.05, 0) is 31.1 Å². The molecule has 0 aromatic heterocycles. The van der Waals surface area contributed by atoms with Crippen molar-refractivity contribution >= 4 is 5.91 Å². The molecule has 1 saturated carbocycles. The monoisotopic (exact) mass is 194 g/mol. The van der Waals surface area contributed by atoms with Gasteiger partial charge >= 0.3 is 0 Å². The smallest absolute Gasteiger partial charge is 0.221 e. The molecule has 0 saturated heterocycles. The summed E-state index contributed by atoms with van der Waals surface area (Å²) >= 11 is 0. The van der Waals surface area contributed by atoms with Crippen molar-refractivity contribution in [3.05, 3.63) is 0 Å². The fraction of sp³-hybridized carbons (Fsp3) is 0.818. The molecule has 1 atom stereocenters. The van der Waals surface area contributed by atoms with E-state index in [-0.39, 0.29) is 11.9 Å². The minimum atomic E-state index is -0.241. The molecule has 78 valence electrons. The molecule has 0 aliphatic heterocycles. The molecule has 3 heteroatoms. The van der Waals surface area contributed by atoms with Crippen LogP contribution in [0.5, 0.6) is 0 Å². The highest BCUT2D eigenvalue weighted by atomic mass is 16.1. The molecule has 0 radical (unpaired) electrons. The average molecular weight is 194 g/mol. The maximum atomic E-state index is 11.4. The van der Waals surface area contributed by atoms with Gasteiger partial charge in [0.15, 0.2) is 0 Å². The molecule has 14 heavy (non-hydrogen) atoms. The first-order chi connectivity index (χ1) is 6.63. The Morgan fingerprint density at radius 2 is 2.21 bits per heavy atom. The van der Waals surface area contributed by atoms with Gasteiger partial charge in [-0.2, -0.15) is 5.26 Å². The van der Waals surface area contributed by atoms with Crippen LogP contribution in [0.1, 0.15) is 39.5 Å². The van der Waals surface area contributed by atoms with E-state index in [4.69, 9.17) is 5.26 Å². The Bertz CT molecular complexity index is 238. The molecule has 0 heterocycles. The fourth-order valence-electron chi connectivity index (χ4n) is 1.35. The number of nitrogens with one attached hydrogen (secondary N) is 1. The molecule has 3 nitrogen and oxygen atoms in total. The number of hydrogen-bond donors (Lipinski definition) is 1. The highest BCUT2D eigenvalue weighted by molar-refractivity contribution is 5.76. The second kappa shape index (κ2) is 4.99. The SMILES string of the molecule is CC(C)CCC(=O)NC(C#N)C1CC1. The molecule has 0 aromatic carbocycles. The van der Waals surface area contributed by atoms with Crippen molar-refractivity contribution in [1.82, 2.24) is 5.32 Å². The normalized spacial score (nSPS) is 17.6. The van der Waals surface area contributed by atoms with Gasteiger partial charge in [-0.1, -0.05) is 13.8 Å². The van der Waals surface area contributed by atoms with Gasteiger partial charge in [-0.3, -0.25) is 4.79 Å². The van der Waals surface area contributed by atoms with E-state index in [0.29, 0.717) is 18.3 Å². The summed E-state index contributed by atoms with van der Waals surface area (Å²) in [6, 6.07) is 1.91. The summed E-state index contributed by atoms with van der Waals surface area (Å²) in [5.74, 6) is 0.988. The second-order valence-corrected chi connectivity index (χ2v) is 4.44. The van der Waals surface area contributed by atoms with Crippen LogP contribution in [0.4, 0.5) is 0 Å². The number of carbonyl (C=O) groups excluding carboxylic acids is 1. The van der Waals surface area contributed by atoms with Gasteiger partial charge in [-0.15, -0.1) is 0 Å². The lowest BCUT2D eigenvalue weighted by molar-refractivity contribution is -0.121. The quantitative estimate of drug-likeness (QED) is 0.726. The van der Waals surface area contributed by atoms with Crippen LogP contribution < -0.4 is 5.32 Å². The molecule has 1 amide bonds. The van der Waals surface area contributed by atoms with Crippen LogP contribution in [-0.4, -0.2) is 11.9 Å². The van der Waals surface area contributed by atoms with E-state index in [2.05, 4.69) is 25.2 Å². The first-order valence-corrected chi connectivity index (χ1v) is 5.32. The van der Waals surface area contributed by atoms with Crippen LogP contribution in [0.15, 0.2) is 0 Å². The van der Waals surface area contributed by atoms with Crippen LogP contribution in [0.25, 0.3) is 0 Å². The number of rotatable bonds is 5. The predicted octanol–water partition coefficient (Wildman–Crippen LogP) is 1.84. The van der Waals surface area contributed by atoms with Gasteiger partial charge in [0, 0.05) is 6.42 Å². The topological polar surface area (TPSA) is 52.9 Å². The minimum Gasteiger partial charge on any atom is -0.340 e. The molecule has 1 fully saturated rings. The van der Waals surface area contributed by atoms with Crippen molar-refractivity contribution in [3.8, 4) is 6.07 Å². The number of nitriles is 1. The second-order valence-electron chi connectivity index (χ2n) is 4.44. The Balaban J connectivity index is 2.21. The van der Waals surface area contributed by atoms with Gasteiger partial charge in [0.25, 0.3) is 0 Å². The molecular weight excluding hydrogens is 176 g/mol. The Hall–Kier alpha value is -1.04. The van der Waals surface area contributed by atoms with E-state index in [9.17, 15) is 4.79 Å². The summed E-state index contributed by atoms with van der Waals surface area (Å²) < 4.78 is 0. The molecule has 1 aliphatic rings. The van der Waals surface area contributed by atoms with E-state index < -0.39 is 0 Å². The van der Waals surface area contributed by atoms with Crippen LogP contribution >= 0.6 is 0 Å². The fourth-order valence-corrected chi connectivity index (χ4v) is 1.35. The first kappa shape index (κ1) is 11.0. The molecular formula is C11H18N2O. The summed E-state index contributed by atoms with van der Waals surface area (Å²) in [4.78, 5) is 11.4. The minimum absolute atomic E-state index is 0.0251. The number of hydrogen-bond acceptors (Lipinski definition) is 2. The predicted molar refractivity (Wildman–Crippen MR) is 54.3 cm³/mol. The van der Waals surface area contributed by atoms with Crippen LogP contribution in [0.2, 0.25) is 0 Å². The van der Waals surface area contributed by atoms with Gasteiger partial charge in [0.1, 0.15) is 6.04 Å². The third-order valence-corrected chi connectivity index (χ3v) is 2.50. The van der Waals surface area contributed by atoms with Gasteiger partial charge in [-0.25, -0.2) is 0 Å². The lowest BCUT2D eigenvalue weighted by Gasteiger charge is -2.10. The Labute approximate surface area is 85.5 Å². The van der Waals surface area contributed by atoms with E-state index >= 15 is 0 Å². The zero-order valence-corrected chi connectivity index (χ0v) is 8.92. The summed E-state index contributed by atoms with van der Waals surface area (Å²) in [6.07, 6.45) is 3.61. The van der Waals surface area contributed by atoms with Crippen LogP contribution in [0.3, 0.4) is 0 Å². The maximum absolute atomic E-state index is 11.4. The highest BCUT2D eigenvalue weighted by Gasteiger charge is 2.32. The third-order valence-electron chi connectivity index (χ3n) is 2.50. The van der Waals surface area contributed by atoms with Crippen molar-refractivity contribution in [1.29, 1.82) is 5.26 Å². The summed E-state index contributed by atoms with van der Waals surface area (Å²) in [5, 5.41) is 11.6. The summed E-state index contributed by atoms with van der Waals surface area (Å²) in [6.45, 7) is 4.19. The molecule has 0 spiro atoms. The Morgan fingerprint density at radius 3 is 2.64 bits per heavy atom. The van der Waals surface area contributed by atoms with E-state index in [1.54, 1.807) is 0 Å². The van der Waals surface area contributed by atoms with Crippen LogP contribution in [0, 0.1) is 23.2 Å². The zero-order valence-electron chi connectivity index (χ0n) is 8.92. The zero-order chi connectivity index (χ0) is 10.6. The number of carbonyl (C=O) groups is 1. The van der Waals surface area contributed by atoms with E-state index in [1.165, 1.54) is 0 Å². The lowest BCUT2D eigenvalue weighted by Crippen LogP contribution is -2.35. The molecule has 1 unspecified atom stereocenters. The van der Waals surface area contributed by atoms with Crippen LogP contribution in [-0.2, 0) is 4.79 Å². The highest BCUT2D eigenvalue weighted by Crippen LogP contribution is 2.32. The third kappa shape index (κ3) is 3.78. The van der Waals surface area contributed by atoms with E-state index in [1.807, 2.05) is 0 Å². The molecule has 0 bridgehead atoms. The molecule has 1 rings (SSSR count). The number of nitrogens with zero attached hydrogens (tertiary/aromatic N) is 1. The van der Waals surface area contributed by atoms with Crippen molar-refractivity contribution < 1.29 is 4.79 Å². The van der Waals surface area contributed by atoms with Crippen molar-refractivity contribution in [2.24, 2.45) is 11.8 Å². The van der Waals surface area contributed by atoms with Gasteiger partial charge in [0.05, 0.1) is 6.07 Å². The lowest BCUT2D eigenvalue weighted by atomic mass is 10.1. The molecule has 0 aromatic rings. The summed E-state index contributed by atoms with van der Waals surface area (Å²) in [7, 11) is 0. The Kier molecular flexibility index (Phi) is 3.94. The standard InChI is InChI=1S/C11H18N2O/c1-8(2)3-6-11(14)13-10(7-12)9-4-5-9/h8-10H,3-6H2,1-2H3,(H,13,14). The van der Waals surface area contributed by atoms with Crippen molar-refractivity contribution in [3.63, 3.8) is 0 Å².